The van der Waals surface area contributed by atoms with Gasteiger partial charge in [-0.2, -0.15) is 5.10 Å². The Bertz CT molecular complexity index is 644. The quantitative estimate of drug-likeness (QED) is 0.935. The van der Waals surface area contributed by atoms with Crippen LogP contribution >= 0.6 is 0 Å². The molecule has 2 aromatic heterocycles. The van der Waals surface area contributed by atoms with Gasteiger partial charge in [-0.05, 0) is 49.4 Å². The number of pyridine rings is 1. The fourth-order valence-electron chi connectivity index (χ4n) is 2.99. The van der Waals surface area contributed by atoms with Gasteiger partial charge in [-0.15, -0.1) is 5.10 Å². The molecule has 1 fully saturated rings. The molecule has 1 aliphatic heterocycles. The summed E-state index contributed by atoms with van der Waals surface area (Å²) < 4.78 is 0. The molecular weight excluding hydrogens is 290 g/mol. The van der Waals surface area contributed by atoms with E-state index in [1.165, 1.54) is 0 Å². The molecule has 0 unspecified atom stereocenters. The summed E-state index contributed by atoms with van der Waals surface area (Å²) in [6.07, 6.45) is 6.32. The smallest absolute Gasteiger partial charge is 0.255 e. The first kappa shape index (κ1) is 15.4. The maximum Gasteiger partial charge on any atom is 0.255 e. The maximum absolute atomic E-state index is 12.5. The second kappa shape index (κ2) is 7.17. The molecule has 0 aromatic carbocycles. The first-order valence-corrected chi connectivity index (χ1v) is 7.96. The minimum atomic E-state index is 0.0689. The van der Waals surface area contributed by atoms with Gasteiger partial charge in [0.15, 0.2) is 0 Å². The molecule has 0 aliphatic carbocycles. The van der Waals surface area contributed by atoms with Crippen LogP contribution in [0.15, 0.2) is 36.7 Å². The van der Waals surface area contributed by atoms with Crippen LogP contribution in [0.25, 0.3) is 0 Å². The lowest BCUT2D eigenvalue weighted by Crippen LogP contribution is -2.40. The second-order valence-corrected chi connectivity index (χ2v) is 5.87. The lowest BCUT2D eigenvalue weighted by atomic mass is 9.93. The van der Waals surface area contributed by atoms with Crippen LogP contribution in [0, 0.1) is 5.92 Å². The minimum absolute atomic E-state index is 0.0689. The molecule has 3 heterocycles. The molecular formula is C17H21N5O. The van der Waals surface area contributed by atoms with Crippen molar-refractivity contribution >= 4 is 11.7 Å². The fraction of sp³-hybridized carbons (Fsp3) is 0.412. The summed E-state index contributed by atoms with van der Waals surface area (Å²) in [5, 5.41) is 11.3. The van der Waals surface area contributed by atoms with E-state index in [0.717, 1.165) is 43.9 Å². The molecule has 0 saturated carbocycles. The number of rotatable bonds is 4. The van der Waals surface area contributed by atoms with Crippen molar-refractivity contribution in [2.75, 3.05) is 25.5 Å². The number of amides is 1. The van der Waals surface area contributed by atoms with Gasteiger partial charge in [0, 0.05) is 32.5 Å². The molecule has 6 nitrogen and oxygen atoms in total. The molecule has 1 N–H and O–H groups in total. The largest absolute Gasteiger partial charge is 0.372 e. The summed E-state index contributed by atoms with van der Waals surface area (Å²) in [5.74, 6) is 1.27. The lowest BCUT2D eigenvalue weighted by molar-refractivity contribution is 0.0672. The zero-order valence-corrected chi connectivity index (χ0v) is 13.3. The van der Waals surface area contributed by atoms with E-state index >= 15 is 0 Å². The van der Waals surface area contributed by atoms with Crippen LogP contribution in [-0.2, 0) is 6.42 Å². The molecule has 0 radical (unpaired) electrons. The summed E-state index contributed by atoms with van der Waals surface area (Å²) in [7, 11) is 1.83. The highest BCUT2D eigenvalue weighted by Crippen LogP contribution is 2.21. The van der Waals surface area contributed by atoms with Crippen LogP contribution < -0.4 is 5.32 Å². The van der Waals surface area contributed by atoms with Crippen molar-refractivity contribution in [2.45, 2.75) is 19.3 Å². The van der Waals surface area contributed by atoms with Crippen LogP contribution in [0.3, 0.4) is 0 Å². The van der Waals surface area contributed by atoms with Crippen molar-refractivity contribution in [1.29, 1.82) is 0 Å². The zero-order chi connectivity index (χ0) is 16.1. The normalized spacial score (nSPS) is 17.8. The molecule has 6 heteroatoms. The van der Waals surface area contributed by atoms with Crippen molar-refractivity contribution in [2.24, 2.45) is 5.92 Å². The summed E-state index contributed by atoms with van der Waals surface area (Å²) >= 11 is 0. The summed E-state index contributed by atoms with van der Waals surface area (Å²) in [6.45, 7) is 1.58. The Kier molecular flexibility index (Phi) is 4.80. The third-order valence-corrected chi connectivity index (χ3v) is 4.19. The van der Waals surface area contributed by atoms with E-state index in [1.807, 2.05) is 30.1 Å². The van der Waals surface area contributed by atoms with Crippen LogP contribution in [0.4, 0.5) is 5.82 Å². The predicted octanol–water partition coefficient (Wildman–Crippen LogP) is 2.01. The number of nitrogens with zero attached hydrogens (tertiary/aromatic N) is 4. The molecule has 0 bridgehead atoms. The Labute approximate surface area is 136 Å². The minimum Gasteiger partial charge on any atom is -0.372 e. The van der Waals surface area contributed by atoms with Gasteiger partial charge in [0.05, 0.1) is 11.3 Å². The number of hydrogen-bond donors (Lipinski definition) is 1. The van der Waals surface area contributed by atoms with E-state index in [1.54, 1.807) is 18.5 Å². The Hall–Kier alpha value is -2.50. The van der Waals surface area contributed by atoms with Gasteiger partial charge in [0.2, 0.25) is 0 Å². The second-order valence-electron chi connectivity index (χ2n) is 5.87. The van der Waals surface area contributed by atoms with E-state index in [9.17, 15) is 4.79 Å². The van der Waals surface area contributed by atoms with Crippen molar-refractivity contribution in [3.63, 3.8) is 0 Å². The molecule has 1 aliphatic rings. The van der Waals surface area contributed by atoms with E-state index in [-0.39, 0.29) is 5.91 Å². The highest BCUT2D eigenvalue weighted by molar-refractivity contribution is 5.93. The van der Waals surface area contributed by atoms with Crippen LogP contribution in [0.1, 0.15) is 28.9 Å². The number of nitrogens with one attached hydrogen (secondary N) is 1. The molecule has 3 rings (SSSR count). The third-order valence-electron chi connectivity index (χ3n) is 4.19. The number of carbonyl (C=O) groups excluding carboxylic acids is 1. The lowest BCUT2D eigenvalue weighted by Gasteiger charge is -2.32. The third kappa shape index (κ3) is 3.83. The number of anilines is 1. The Morgan fingerprint density at radius 1 is 1.35 bits per heavy atom. The molecule has 2 aromatic rings. The summed E-state index contributed by atoms with van der Waals surface area (Å²) in [4.78, 5) is 18.5. The molecule has 120 valence electrons. The Morgan fingerprint density at radius 2 is 2.26 bits per heavy atom. The van der Waals surface area contributed by atoms with E-state index in [2.05, 4.69) is 20.5 Å². The van der Waals surface area contributed by atoms with Gasteiger partial charge < -0.3 is 10.2 Å². The molecule has 23 heavy (non-hydrogen) atoms. The van der Waals surface area contributed by atoms with Gasteiger partial charge >= 0.3 is 0 Å². The maximum atomic E-state index is 12.5. The number of piperidine rings is 1. The molecule has 1 amide bonds. The van der Waals surface area contributed by atoms with Crippen LogP contribution in [0.2, 0.25) is 0 Å². The van der Waals surface area contributed by atoms with E-state index < -0.39 is 0 Å². The first-order valence-electron chi connectivity index (χ1n) is 7.96. The SMILES string of the molecule is CNc1ccc(C[C@H]2CCCN(C(=O)c3cccnc3)C2)nn1. The number of carbonyl (C=O) groups is 1. The summed E-state index contributed by atoms with van der Waals surface area (Å²) in [6, 6.07) is 7.55. The monoisotopic (exact) mass is 311 g/mol. The van der Waals surface area contributed by atoms with Gasteiger partial charge in [0.25, 0.3) is 5.91 Å². The Balaban J connectivity index is 1.62. The highest BCUT2D eigenvalue weighted by Gasteiger charge is 2.25. The number of hydrogen-bond acceptors (Lipinski definition) is 5. The molecule has 0 spiro atoms. The topological polar surface area (TPSA) is 71.0 Å². The Morgan fingerprint density at radius 3 is 2.96 bits per heavy atom. The highest BCUT2D eigenvalue weighted by atomic mass is 16.2. The van der Waals surface area contributed by atoms with Crippen LogP contribution in [-0.4, -0.2) is 46.1 Å². The average Bonchev–Trinajstić information content (AvgIpc) is 2.63. The van der Waals surface area contributed by atoms with Gasteiger partial charge in [0.1, 0.15) is 5.82 Å². The molecule has 1 saturated heterocycles. The van der Waals surface area contributed by atoms with Crippen molar-refractivity contribution in [1.82, 2.24) is 20.1 Å². The van der Waals surface area contributed by atoms with Crippen molar-refractivity contribution in [3.05, 3.63) is 47.9 Å². The number of aromatic nitrogens is 3. The van der Waals surface area contributed by atoms with Crippen LogP contribution in [0.5, 0.6) is 0 Å². The zero-order valence-electron chi connectivity index (χ0n) is 13.3. The van der Waals surface area contributed by atoms with Gasteiger partial charge in [-0.25, -0.2) is 0 Å². The van der Waals surface area contributed by atoms with Crippen molar-refractivity contribution in [3.8, 4) is 0 Å². The van der Waals surface area contributed by atoms with E-state index in [0.29, 0.717) is 11.5 Å². The number of likely N-dealkylation sites (tertiary alicyclic amines) is 1. The fourth-order valence-corrected chi connectivity index (χ4v) is 2.99. The first-order chi connectivity index (χ1) is 11.3. The summed E-state index contributed by atoms with van der Waals surface area (Å²) in [5.41, 5.74) is 1.64. The van der Waals surface area contributed by atoms with Gasteiger partial charge in [-0.1, -0.05) is 0 Å². The molecule has 1 atom stereocenters. The standard InChI is InChI=1S/C17H21N5O/c1-18-16-7-6-15(20-21-16)10-13-4-3-9-22(12-13)17(23)14-5-2-8-19-11-14/h2,5-8,11,13H,3-4,9-10,12H2,1H3,(H,18,21)/t13-/m1/s1. The average molecular weight is 311 g/mol. The predicted molar refractivity (Wildman–Crippen MR) is 88.1 cm³/mol. The van der Waals surface area contributed by atoms with E-state index in [4.69, 9.17) is 0 Å². The van der Waals surface area contributed by atoms with Gasteiger partial charge in [-0.3, -0.25) is 9.78 Å². The van der Waals surface area contributed by atoms with Crippen molar-refractivity contribution < 1.29 is 4.79 Å².